The maximum atomic E-state index is 5.92. The third kappa shape index (κ3) is 2.45. The Morgan fingerprint density at radius 2 is 1.95 bits per heavy atom. The largest absolute Gasteiger partial charge is 0.399 e. The Bertz CT molecular complexity index is 549. The molecule has 2 aromatic rings. The first-order valence-electron chi connectivity index (χ1n) is 6.89. The summed E-state index contributed by atoms with van der Waals surface area (Å²) >= 11 is 0. The van der Waals surface area contributed by atoms with Gasteiger partial charge in [0.25, 0.3) is 0 Å². The number of rotatable bonds is 2. The molecular formula is C14H19N5. The van der Waals surface area contributed by atoms with Gasteiger partial charge in [0.1, 0.15) is 0 Å². The van der Waals surface area contributed by atoms with Crippen LogP contribution in [0.2, 0.25) is 0 Å². The summed E-state index contributed by atoms with van der Waals surface area (Å²) < 4.78 is 1.98. The number of hydrogen-bond acceptors (Lipinski definition) is 4. The lowest BCUT2D eigenvalue weighted by molar-refractivity contribution is 0.327. The third-order valence-electron chi connectivity index (χ3n) is 3.77. The molecule has 1 fully saturated rings. The van der Waals surface area contributed by atoms with Gasteiger partial charge in [-0.15, -0.1) is 5.10 Å². The van der Waals surface area contributed by atoms with Crippen LogP contribution >= 0.6 is 0 Å². The number of aryl methyl sites for hydroxylation is 1. The van der Waals surface area contributed by atoms with Gasteiger partial charge < -0.3 is 5.73 Å². The standard InChI is InChI=1S/C14H19N5/c1-10-7-11(9-12(15)8-10)14-16-17-18-19(14)13-5-3-2-4-6-13/h7-9,13H,2-6,15H2,1H3. The summed E-state index contributed by atoms with van der Waals surface area (Å²) in [7, 11) is 0. The van der Waals surface area contributed by atoms with E-state index < -0.39 is 0 Å². The molecule has 1 aromatic carbocycles. The van der Waals surface area contributed by atoms with Crippen molar-refractivity contribution in [2.75, 3.05) is 5.73 Å². The van der Waals surface area contributed by atoms with Gasteiger partial charge in [0.2, 0.25) is 0 Å². The van der Waals surface area contributed by atoms with Crippen molar-refractivity contribution >= 4 is 5.69 Å². The summed E-state index contributed by atoms with van der Waals surface area (Å²) in [5.74, 6) is 0.835. The van der Waals surface area contributed by atoms with E-state index in [0.29, 0.717) is 6.04 Å². The van der Waals surface area contributed by atoms with Crippen molar-refractivity contribution in [1.29, 1.82) is 0 Å². The van der Waals surface area contributed by atoms with E-state index in [1.165, 1.54) is 32.1 Å². The fourth-order valence-electron chi connectivity index (χ4n) is 2.90. The highest BCUT2D eigenvalue weighted by Crippen LogP contribution is 2.31. The molecule has 5 nitrogen and oxygen atoms in total. The van der Waals surface area contributed by atoms with Crippen LogP contribution in [-0.4, -0.2) is 20.2 Å². The minimum atomic E-state index is 0.431. The summed E-state index contributed by atoms with van der Waals surface area (Å²) in [5, 5.41) is 12.2. The van der Waals surface area contributed by atoms with Crippen LogP contribution in [0.1, 0.15) is 43.7 Å². The van der Waals surface area contributed by atoms with E-state index in [9.17, 15) is 0 Å². The van der Waals surface area contributed by atoms with Crippen LogP contribution in [0, 0.1) is 6.92 Å². The topological polar surface area (TPSA) is 69.6 Å². The number of anilines is 1. The summed E-state index contributed by atoms with van der Waals surface area (Å²) in [4.78, 5) is 0. The third-order valence-corrected chi connectivity index (χ3v) is 3.77. The maximum Gasteiger partial charge on any atom is 0.182 e. The van der Waals surface area contributed by atoms with E-state index in [0.717, 1.165) is 22.6 Å². The first kappa shape index (κ1) is 12.1. The van der Waals surface area contributed by atoms with Gasteiger partial charge in [0.05, 0.1) is 6.04 Å². The monoisotopic (exact) mass is 257 g/mol. The maximum absolute atomic E-state index is 5.92. The Labute approximate surface area is 112 Å². The van der Waals surface area contributed by atoms with E-state index >= 15 is 0 Å². The van der Waals surface area contributed by atoms with Crippen LogP contribution in [0.3, 0.4) is 0 Å². The zero-order valence-electron chi connectivity index (χ0n) is 11.2. The van der Waals surface area contributed by atoms with Crippen LogP contribution < -0.4 is 5.73 Å². The van der Waals surface area contributed by atoms with Crippen LogP contribution in [-0.2, 0) is 0 Å². The molecule has 0 atom stereocenters. The molecule has 19 heavy (non-hydrogen) atoms. The van der Waals surface area contributed by atoms with Crippen LogP contribution in [0.5, 0.6) is 0 Å². The van der Waals surface area contributed by atoms with Gasteiger partial charge in [-0.3, -0.25) is 0 Å². The Morgan fingerprint density at radius 1 is 1.16 bits per heavy atom. The molecule has 1 aromatic heterocycles. The lowest BCUT2D eigenvalue weighted by Crippen LogP contribution is -2.15. The fourth-order valence-corrected chi connectivity index (χ4v) is 2.90. The zero-order chi connectivity index (χ0) is 13.2. The number of benzene rings is 1. The highest BCUT2D eigenvalue weighted by atomic mass is 15.5. The first-order valence-corrected chi connectivity index (χ1v) is 6.89. The summed E-state index contributed by atoms with van der Waals surface area (Å²) in [5.41, 5.74) is 8.81. The van der Waals surface area contributed by atoms with E-state index in [1.807, 2.05) is 23.7 Å². The summed E-state index contributed by atoms with van der Waals surface area (Å²) in [6.45, 7) is 2.04. The molecule has 5 heteroatoms. The van der Waals surface area contributed by atoms with Crippen molar-refractivity contribution in [2.45, 2.75) is 45.1 Å². The van der Waals surface area contributed by atoms with Gasteiger partial charge in [-0.1, -0.05) is 19.3 Å². The molecule has 100 valence electrons. The summed E-state index contributed by atoms with van der Waals surface area (Å²) in [6, 6.07) is 6.41. The number of aromatic nitrogens is 4. The molecule has 1 aliphatic carbocycles. The number of tetrazole rings is 1. The van der Waals surface area contributed by atoms with Crippen LogP contribution in [0.25, 0.3) is 11.4 Å². The Morgan fingerprint density at radius 3 is 2.68 bits per heavy atom. The predicted molar refractivity (Wildman–Crippen MR) is 74.5 cm³/mol. The smallest absolute Gasteiger partial charge is 0.182 e. The van der Waals surface area contributed by atoms with Gasteiger partial charge in [0, 0.05) is 11.3 Å². The van der Waals surface area contributed by atoms with Crippen LogP contribution in [0.15, 0.2) is 18.2 Å². The predicted octanol–water partition coefficient (Wildman–Crippen LogP) is 2.74. The van der Waals surface area contributed by atoms with Crippen molar-refractivity contribution in [3.05, 3.63) is 23.8 Å². The van der Waals surface area contributed by atoms with Gasteiger partial charge in [-0.2, -0.15) is 0 Å². The Balaban J connectivity index is 1.98. The lowest BCUT2D eigenvalue weighted by Gasteiger charge is -2.22. The highest BCUT2D eigenvalue weighted by molar-refractivity contribution is 5.62. The lowest BCUT2D eigenvalue weighted by atomic mass is 9.95. The second kappa shape index (κ2) is 4.99. The average molecular weight is 257 g/mol. The van der Waals surface area contributed by atoms with Crippen molar-refractivity contribution in [2.24, 2.45) is 0 Å². The van der Waals surface area contributed by atoms with Crippen molar-refractivity contribution in [3.63, 3.8) is 0 Å². The quantitative estimate of drug-likeness (QED) is 0.840. The molecule has 0 amide bonds. The van der Waals surface area contributed by atoms with E-state index in [-0.39, 0.29) is 0 Å². The van der Waals surface area contributed by atoms with Gasteiger partial charge >= 0.3 is 0 Å². The fraction of sp³-hybridized carbons (Fsp3) is 0.500. The summed E-state index contributed by atoms with van der Waals surface area (Å²) in [6.07, 6.45) is 6.18. The average Bonchev–Trinajstić information content (AvgIpc) is 2.88. The van der Waals surface area contributed by atoms with Crippen LogP contribution in [0.4, 0.5) is 5.69 Å². The molecule has 0 spiro atoms. The number of nitrogen functional groups attached to an aromatic ring is 1. The molecule has 2 N–H and O–H groups in total. The molecule has 0 radical (unpaired) electrons. The molecule has 3 rings (SSSR count). The van der Waals surface area contributed by atoms with Crippen molar-refractivity contribution in [3.8, 4) is 11.4 Å². The number of hydrogen-bond donors (Lipinski definition) is 1. The van der Waals surface area contributed by atoms with Gasteiger partial charge in [-0.05, 0) is 54.0 Å². The van der Waals surface area contributed by atoms with Crippen molar-refractivity contribution in [1.82, 2.24) is 20.2 Å². The Kier molecular flexibility index (Phi) is 3.19. The van der Waals surface area contributed by atoms with Gasteiger partial charge in [-0.25, -0.2) is 4.68 Å². The molecule has 0 unspecified atom stereocenters. The second-order valence-electron chi connectivity index (χ2n) is 5.37. The minimum absolute atomic E-state index is 0.431. The molecule has 1 aliphatic rings. The van der Waals surface area contributed by atoms with E-state index in [2.05, 4.69) is 21.6 Å². The Hall–Kier alpha value is -1.91. The molecule has 1 saturated carbocycles. The van der Waals surface area contributed by atoms with E-state index in [1.54, 1.807) is 0 Å². The molecule has 0 saturated heterocycles. The highest BCUT2D eigenvalue weighted by Gasteiger charge is 2.20. The number of nitrogens with zero attached hydrogens (tertiary/aromatic N) is 4. The molecule has 1 heterocycles. The number of nitrogens with two attached hydrogens (primary N) is 1. The second-order valence-corrected chi connectivity index (χ2v) is 5.37. The minimum Gasteiger partial charge on any atom is -0.399 e. The SMILES string of the molecule is Cc1cc(N)cc(-c2nnnn2C2CCCCC2)c1. The molecule has 0 aliphatic heterocycles. The van der Waals surface area contributed by atoms with E-state index in [4.69, 9.17) is 5.73 Å². The molecule has 0 bridgehead atoms. The molecular weight excluding hydrogens is 238 g/mol. The normalized spacial score (nSPS) is 16.7. The van der Waals surface area contributed by atoms with Crippen molar-refractivity contribution < 1.29 is 0 Å². The van der Waals surface area contributed by atoms with Gasteiger partial charge in [0.15, 0.2) is 5.82 Å². The first-order chi connectivity index (χ1) is 9.24. The zero-order valence-corrected chi connectivity index (χ0v) is 11.2.